The van der Waals surface area contributed by atoms with Crippen LogP contribution < -0.4 is 15.6 Å². The van der Waals surface area contributed by atoms with Crippen molar-refractivity contribution in [3.05, 3.63) is 101 Å². The zero-order valence-corrected chi connectivity index (χ0v) is 22.1. The second kappa shape index (κ2) is 12.4. The lowest BCUT2D eigenvalue weighted by Gasteiger charge is -2.27. The Hall–Kier alpha value is -4.70. The Morgan fingerprint density at radius 1 is 1.12 bits per heavy atom. The van der Waals surface area contributed by atoms with Gasteiger partial charge >= 0.3 is 0 Å². The Morgan fingerprint density at radius 3 is 2.77 bits per heavy atom. The van der Waals surface area contributed by atoms with Crippen molar-refractivity contribution in [1.29, 1.82) is 0 Å². The number of rotatable bonds is 8. The molecule has 2 aliphatic rings. The van der Waals surface area contributed by atoms with Gasteiger partial charge in [0.2, 0.25) is 5.95 Å². The Kier molecular flexibility index (Phi) is 8.36. The number of hydrogen-bond acceptors (Lipinski definition) is 9. The summed E-state index contributed by atoms with van der Waals surface area (Å²) in [4.78, 5) is 10.1. The van der Waals surface area contributed by atoms with Crippen LogP contribution in [0.5, 0.6) is 5.75 Å². The summed E-state index contributed by atoms with van der Waals surface area (Å²) in [5, 5.41) is 27.9. The lowest BCUT2D eigenvalue weighted by atomic mass is 10.0. The first kappa shape index (κ1) is 26.9. The fraction of sp³-hybridized carbons (Fsp3) is 0.233. The number of hydrogen-bond donors (Lipinski definition) is 4. The van der Waals surface area contributed by atoms with Crippen molar-refractivity contribution in [2.24, 2.45) is 5.10 Å². The van der Waals surface area contributed by atoms with Crippen LogP contribution in [0.4, 0.5) is 21.8 Å². The van der Waals surface area contributed by atoms with Crippen molar-refractivity contribution < 1.29 is 19.3 Å². The van der Waals surface area contributed by atoms with Crippen LogP contribution in [0.25, 0.3) is 5.57 Å². The Bertz CT molecular complexity index is 1490. The minimum absolute atomic E-state index is 0.125. The smallest absolute Gasteiger partial charge is 0.245 e. The van der Waals surface area contributed by atoms with Crippen LogP contribution in [0.3, 0.4) is 0 Å². The van der Waals surface area contributed by atoms with Gasteiger partial charge in [-0.1, -0.05) is 31.2 Å². The Balaban J connectivity index is 1.25. The van der Waals surface area contributed by atoms with E-state index in [0.29, 0.717) is 32.7 Å². The van der Waals surface area contributed by atoms with Gasteiger partial charge in [0.1, 0.15) is 11.5 Å². The van der Waals surface area contributed by atoms with E-state index >= 15 is 0 Å². The van der Waals surface area contributed by atoms with Crippen LogP contribution in [0.2, 0.25) is 0 Å². The number of aliphatic hydroxyl groups excluding tert-OH is 1. The van der Waals surface area contributed by atoms with E-state index < -0.39 is 5.82 Å². The molecule has 4 N–H and O–H groups in total. The molecule has 40 heavy (non-hydrogen) atoms. The molecule has 0 atom stereocenters. The van der Waals surface area contributed by atoms with Gasteiger partial charge in [-0.2, -0.15) is 10.1 Å². The molecule has 10 heteroatoms. The molecule has 0 unspecified atom stereocenters. The number of aliphatic hydroxyl groups is 1. The number of aromatic hydroxyl groups is 1. The van der Waals surface area contributed by atoms with Crippen LogP contribution in [-0.4, -0.2) is 52.7 Å². The first-order valence-electron chi connectivity index (χ1n) is 13.1. The van der Waals surface area contributed by atoms with E-state index in [-0.39, 0.29) is 23.3 Å². The topological polar surface area (TPSA) is 115 Å². The number of aromatic nitrogens is 2. The fourth-order valence-corrected chi connectivity index (χ4v) is 4.56. The van der Waals surface area contributed by atoms with Gasteiger partial charge < -0.3 is 25.2 Å². The molecule has 5 rings (SSSR count). The molecule has 1 aromatic heterocycles. The largest absolute Gasteiger partial charge is 0.508 e. The zero-order valence-electron chi connectivity index (χ0n) is 22.1. The predicted molar refractivity (Wildman–Crippen MR) is 155 cm³/mol. The number of benzene rings is 2. The third-order valence-electron chi connectivity index (χ3n) is 6.60. The molecular weight excluding hydrogens is 511 g/mol. The number of halogens is 1. The number of phenolic OH excluding ortho intramolecular Hbond substituents is 1. The van der Waals surface area contributed by atoms with Gasteiger partial charge in [-0.15, -0.1) is 0 Å². The van der Waals surface area contributed by atoms with Gasteiger partial charge in [-0.05, 0) is 65.4 Å². The molecule has 206 valence electrons. The van der Waals surface area contributed by atoms with Crippen molar-refractivity contribution in [3.63, 3.8) is 0 Å². The summed E-state index contributed by atoms with van der Waals surface area (Å²) in [5.74, 6) is 0.271. The highest BCUT2D eigenvalue weighted by molar-refractivity contribution is 5.83. The van der Waals surface area contributed by atoms with Crippen molar-refractivity contribution in [2.45, 2.75) is 19.8 Å². The van der Waals surface area contributed by atoms with E-state index in [2.05, 4.69) is 32.7 Å². The quantitative estimate of drug-likeness (QED) is 0.221. The third kappa shape index (κ3) is 6.65. The molecule has 0 spiro atoms. The highest BCUT2D eigenvalue weighted by atomic mass is 19.1. The van der Waals surface area contributed by atoms with Gasteiger partial charge in [0.05, 0.1) is 25.6 Å². The monoisotopic (exact) mass is 542 g/mol. The van der Waals surface area contributed by atoms with Crippen LogP contribution in [-0.2, 0) is 11.2 Å². The van der Waals surface area contributed by atoms with Crippen molar-refractivity contribution >= 4 is 29.2 Å². The minimum Gasteiger partial charge on any atom is -0.508 e. The molecule has 1 aliphatic heterocycles. The second-order valence-corrected chi connectivity index (χ2v) is 9.38. The number of phenols is 1. The predicted octanol–water partition coefficient (Wildman–Crippen LogP) is 5.39. The lowest BCUT2D eigenvalue weighted by Crippen LogP contribution is -2.37. The van der Waals surface area contributed by atoms with E-state index in [4.69, 9.17) is 4.74 Å². The number of nitrogens with one attached hydrogen (secondary N) is 2. The maximum atomic E-state index is 14.3. The normalized spacial score (nSPS) is 15.8. The molecule has 0 radical (unpaired) electrons. The number of allylic oxidation sites excluding steroid dienone is 4. The fourth-order valence-electron chi connectivity index (χ4n) is 4.56. The number of aryl methyl sites for hydroxylation is 1. The maximum absolute atomic E-state index is 14.3. The number of anilines is 3. The maximum Gasteiger partial charge on any atom is 0.245 e. The minimum atomic E-state index is -0.480. The van der Waals surface area contributed by atoms with E-state index in [1.54, 1.807) is 36.6 Å². The van der Waals surface area contributed by atoms with Crippen molar-refractivity contribution in [2.75, 3.05) is 41.9 Å². The Labute approximate surface area is 232 Å². The molecule has 1 saturated heterocycles. The van der Waals surface area contributed by atoms with Crippen LogP contribution >= 0.6 is 0 Å². The molecule has 2 heterocycles. The summed E-state index contributed by atoms with van der Waals surface area (Å²) in [6.45, 7) is 4.25. The van der Waals surface area contributed by atoms with Gasteiger partial charge in [-0.3, -0.25) is 0 Å². The standard InChI is InChI=1S/C30H31FN6O3/c1-2-20-14-24(34-25-8-6-22(16-27(39)17-25)21-4-3-5-26(38)15-21)9-7-23(20)18-33-36-30-32-19-28(31)29(35-30)37-10-12-40-13-11-37/h3-5,7-9,14-19,34,38-39H,2,6,10-13H2,1H3,(H,32,35,36)/b33-18+. The summed E-state index contributed by atoms with van der Waals surface area (Å²) in [7, 11) is 0. The van der Waals surface area contributed by atoms with E-state index in [1.165, 1.54) is 0 Å². The third-order valence-corrected chi connectivity index (χ3v) is 6.60. The first-order valence-corrected chi connectivity index (χ1v) is 13.1. The SMILES string of the molecule is CCc1cc(NC2=CCC(c3cccc(O)c3)=CC(O)=C2)ccc1/C=N/Nc1ncc(F)c(N2CCOCC2)n1. The lowest BCUT2D eigenvalue weighted by molar-refractivity contribution is 0.122. The number of hydrazone groups is 1. The number of morpholine rings is 1. The van der Waals surface area contributed by atoms with Gasteiger partial charge in [0.25, 0.3) is 0 Å². The Morgan fingerprint density at radius 2 is 1.98 bits per heavy atom. The van der Waals surface area contributed by atoms with E-state index in [1.807, 2.05) is 35.2 Å². The van der Waals surface area contributed by atoms with Crippen LogP contribution in [0, 0.1) is 5.82 Å². The summed E-state index contributed by atoms with van der Waals surface area (Å²) >= 11 is 0. The summed E-state index contributed by atoms with van der Waals surface area (Å²) in [6, 6.07) is 12.9. The van der Waals surface area contributed by atoms with Crippen molar-refractivity contribution in [3.8, 4) is 5.75 Å². The van der Waals surface area contributed by atoms with Crippen LogP contribution in [0.1, 0.15) is 30.0 Å². The molecule has 1 aliphatic carbocycles. The highest BCUT2D eigenvalue weighted by Gasteiger charge is 2.18. The summed E-state index contributed by atoms with van der Waals surface area (Å²) < 4.78 is 19.6. The van der Waals surface area contributed by atoms with Gasteiger partial charge in [0.15, 0.2) is 11.6 Å². The molecule has 0 amide bonds. The summed E-state index contributed by atoms with van der Waals surface area (Å²) in [5.41, 5.74) is 8.17. The molecule has 0 bridgehead atoms. The van der Waals surface area contributed by atoms with Crippen molar-refractivity contribution in [1.82, 2.24) is 9.97 Å². The zero-order chi connectivity index (χ0) is 27.9. The highest BCUT2D eigenvalue weighted by Crippen LogP contribution is 2.27. The summed E-state index contributed by atoms with van der Waals surface area (Å²) in [6.07, 6.45) is 9.57. The number of ether oxygens (including phenoxy) is 1. The number of nitrogens with zero attached hydrogens (tertiary/aromatic N) is 4. The van der Waals surface area contributed by atoms with Gasteiger partial charge in [0, 0.05) is 30.5 Å². The average Bonchev–Trinajstić information content (AvgIpc) is 3.15. The average molecular weight is 543 g/mol. The molecular formula is C30H31FN6O3. The van der Waals surface area contributed by atoms with Crippen LogP contribution in [0.15, 0.2) is 83.4 Å². The van der Waals surface area contributed by atoms with E-state index in [0.717, 1.165) is 46.3 Å². The molecule has 1 fully saturated rings. The second-order valence-electron chi connectivity index (χ2n) is 9.38. The van der Waals surface area contributed by atoms with Gasteiger partial charge in [-0.25, -0.2) is 14.8 Å². The van der Waals surface area contributed by atoms with E-state index in [9.17, 15) is 14.6 Å². The molecule has 0 saturated carbocycles. The molecule has 9 nitrogen and oxygen atoms in total. The molecule has 2 aromatic carbocycles. The first-order chi connectivity index (χ1) is 19.5. The molecule has 3 aromatic rings.